The first-order valence-electron chi connectivity index (χ1n) is 6.37. The predicted octanol–water partition coefficient (Wildman–Crippen LogP) is 3.60. The smallest absolute Gasteiger partial charge is 0.210 e. The Morgan fingerprint density at radius 2 is 1.68 bits per heavy atom. The maximum Gasteiger partial charge on any atom is 0.210 e. The Labute approximate surface area is 113 Å². The molecule has 0 radical (unpaired) electrons. The van der Waals surface area contributed by atoms with Crippen molar-refractivity contribution in [2.45, 2.75) is 19.3 Å². The molecule has 0 aliphatic rings. The molecule has 0 heterocycles. The molecule has 1 atom stereocenters. The average molecular weight is 255 g/mol. The van der Waals surface area contributed by atoms with Gasteiger partial charge < -0.3 is 0 Å². The minimum absolute atomic E-state index is 0.0298. The lowest BCUT2D eigenvalue weighted by molar-refractivity contribution is -0.483. The van der Waals surface area contributed by atoms with Gasteiger partial charge in [0.2, 0.25) is 6.54 Å². The van der Waals surface area contributed by atoms with Gasteiger partial charge in [0.05, 0.1) is 5.92 Å². The van der Waals surface area contributed by atoms with Crippen LogP contribution in [-0.4, -0.2) is 11.5 Å². The van der Waals surface area contributed by atoms with Crippen LogP contribution in [-0.2, 0) is 6.42 Å². The lowest BCUT2D eigenvalue weighted by Gasteiger charge is -2.13. The number of benzene rings is 2. The molecule has 3 heteroatoms. The summed E-state index contributed by atoms with van der Waals surface area (Å²) >= 11 is 0. The summed E-state index contributed by atoms with van der Waals surface area (Å²) in [6.07, 6.45) is 0.699. The molecule has 0 aromatic heterocycles. The Hall–Kier alpha value is -2.16. The zero-order chi connectivity index (χ0) is 13.7. The van der Waals surface area contributed by atoms with E-state index in [-0.39, 0.29) is 17.4 Å². The van der Waals surface area contributed by atoms with Crippen LogP contribution in [0, 0.1) is 17.0 Å². The van der Waals surface area contributed by atoms with E-state index in [1.165, 1.54) is 5.56 Å². The van der Waals surface area contributed by atoms with Crippen LogP contribution in [0.5, 0.6) is 0 Å². The second kappa shape index (κ2) is 6.14. The zero-order valence-corrected chi connectivity index (χ0v) is 11.0. The maximum absolute atomic E-state index is 10.8. The first-order chi connectivity index (χ1) is 9.15. The van der Waals surface area contributed by atoms with Gasteiger partial charge in [-0.25, -0.2) is 0 Å². The highest BCUT2D eigenvalue weighted by molar-refractivity contribution is 5.27. The summed E-state index contributed by atoms with van der Waals surface area (Å²) in [4.78, 5) is 10.6. The van der Waals surface area contributed by atoms with E-state index in [0.29, 0.717) is 6.42 Å². The summed E-state index contributed by atoms with van der Waals surface area (Å²) in [6.45, 7) is 1.99. The van der Waals surface area contributed by atoms with E-state index < -0.39 is 0 Å². The minimum Gasteiger partial charge on any atom is -0.265 e. The molecule has 0 spiro atoms. The van der Waals surface area contributed by atoms with Crippen LogP contribution in [0.3, 0.4) is 0 Å². The Bertz CT molecular complexity index is 534. The summed E-state index contributed by atoms with van der Waals surface area (Å²) in [6, 6.07) is 17.9. The highest BCUT2D eigenvalue weighted by Gasteiger charge is 2.18. The van der Waals surface area contributed by atoms with Crippen molar-refractivity contribution in [1.82, 2.24) is 0 Å². The molecule has 0 fully saturated rings. The molecule has 0 bridgehead atoms. The summed E-state index contributed by atoms with van der Waals surface area (Å²) < 4.78 is 0. The van der Waals surface area contributed by atoms with E-state index in [4.69, 9.17) is 0 Å². The van der Waals surface area contributed by atoms with Crippen LogP contribution < -0.4 is 0 Å². The number of hydrogen-bond acceptors (Lipinski definition) is 2. The molecule has 0 amide bonds. The summed E-state index contributed by atoms with van der Waals surface area (Å²) in [5.74, 6) is -0.0713. The Kier molecular flexibility index (Phi) is 4.29. The molecular weight excluding hydrogens is 238 g/mol. The largest absolute Gasteiger partial charge is 0.265 e. The molecule has 0 N–H and O–H groups in total. The van der Waals surface area contributed by atoms with Gasteiger partial charge in [-0.2, -0.15) is 0 Å². The molecule has 1 unspecified atom stereocenters. The Morgan fingerprint density at radius 3 is 2.26 bits per heavy atom. The van der Waals surface area contributed by atoms with Crippen LogP contribution in [0.1, 0.15) is 22.6 Å². The van der Waals surface area contributed by atoms with Crippen molar-refractivity contribution in [1.29, 1.82) is 0 Å². The molecular formula is C16H17NO2. The third-order valence-corrected chi connectivity index (χ3v) is 3.24. The normalized spacial score (nSPS) is 12.1. The minimum atomic E-state index is -0.229. The molecule has 3 nitrogen and oxygen atoms in total. The van der Waals surface area contributed by atoms with Crippen molar-refractivity contribution in [3.63, 3.8) is 0 Å². The van der Waals surface area contributed by atoms with Gasteiger partial charge >= 0.3 is 0 Å². The second-order valence-corrected chi connectivity index (χ2v) is 4.81. The van der Waals surface area contributed by atoms with E-state index >= 15 is 0 Å². The number of nitrogens with zero attached hydrogens (tertiary/aromatic N) is 1. The second-order valence-electron chi connectivity index (χ2n) is 4.81. The van der Waals surface area contributed by atoms with Gasteiger partial charge in [-0.1, -0.05) is 60.2 Å². The Morgan fingerprint density at radius 1 is 1.05 bits per heavy atom. The monoisotopic (exact) mass is 255 g/mol. The fraction of sp³-hybridized carbons (Fsp3) is 0.250. The van der Waals surface area contributed by atoms with E-state index in [9.17, 15) is 10.1 Å². The lowest BCUT2D eigenvalue weighted by Crippen LogP contribution is -2.15. The van der Waals surface area contributed by atoms with Crippen molar-refractivity contribution < 1.29 is 4.92 Å². The summed E-state index contributed by atoms with van der Waals surface area (Å²) in [7, 11) is 0. The van der Waals surface area contributed by atoms with E-state index in [1.54, 1.807) is 0 Å². The fourth-order valence-corrected chi connectivity index (χ4v) is 2.20. The first-order valence-corrected chi connectivity index (χ1v) is 6.37. The van der Waals surface area contributed by atoms with Crippen molar-refractivity contribution in [2.24, 2.45) is 0 Å². The van der Waals surface area contributed by atoms with Gasteiger partial charge in [-0.05, 0) is 24.5 Å². The maximum atomic E-state index is 10.8. The molecule has 2 rings (SSSR count). The highest BCUT2D eigenvalue weighted by atomic mass is 16.6. The quantitative estimate of drug-likeness (QED) is 0.605. The van der Waals surface area contributed by atoms with Gasteiger partial charge in [0, 0.05) is 4.92 Å². The summed E-state index contributed by atoms with van der Waals surface area (Å²) in [5.41, 5.74) is 3.34. The zero-order valence-electron chi connectivity index (χ0n) is 11.0. The van der Waals surface area contributed by atoms with Crippen LogP contribution >= 0.6 is 0 Å². The molecule has 0 aliphatic heterocycles. The average Bonchev–Trinajstić information content (AvgIpc) is 2.39. The van der Waals surface area contributed by atoms with Crippen LogP contribution in [0.25, 0.3) is 0 Å². The topological polar surface area (TPSA) is 43.1 Å². The molecule has 2 aromatic rings. The van der Waals surface area contributed by atoms with Crippen molar-refractivity contribution in [3.05, 3.63) is 81.4 Å². The number of rotatable bonds is 5. The molecule has 0 saturated heterocycles. The number of nitro groups is 1. The molecule has 0 saturated carbocycles. The van der Waals surface area contributed by atoms with Crippen LogP contribution in [0.4, 0.5) is 0 Å². The highest BCUT2D eigenvalue weighted by Crippen LogP contribution is 2.21. The number of hydrogen-bond donors (Lipinski definition) is 0. The molecule has 0 aliphatic carbocycles. The third-order valence-electron chi connectivity index (χ3n) is 3.24. The molecule has 98 valence electrons. The van der Waals surface area contributed by atoms with Gasteiger partial charge in [-0.15, -0.1) is 0 Å². The van der Waals surface area contributed by atoms with Crippen molar-refractivity contribution >= 4 is 0 Å². The standard InChI is InChI=1S/C16H17NO2/c1-13-7-9-15(10-8-13)16(12-17(18)19)11-14-5-3-2-4-6-14/h2-10,16H,11-12H2,1H3. The molecule has 2 aromatic carbocycles. The van der Waals surface area contributed by atoms with Crippen molar-refractivity contribution in [2.75, 3.05) is 6.54 Å². The third kappa shape index (κ3) is 3.91. The summed E-state index contributed by atoms with van der Waals surface area (Å²) in [5, 5.41) is 10.8. The van der Waals surface area contributed by atoms with Gasteiger partial charge in [-0.3, -0.25) is 10.1 Å². The van der Waals surface area contributed by atoms with E-state index in [0.717, 1.165) is 11.1 Å². The number of aryl methyl sites for hydroxylation is 1. The predicted molar refractivity (Wildman–Crippen MR) is 75.9 cm³/mol. The lowest BCUT2D eigenvalue weighted by atomic mass is 9.91. The van der Waals surface area contributed by atoms with E-state index in [2.05, 4.69) is 0 Å². The SMILES string of the molecule is Cc1ccc(C(Cc2ccccc2)C[N+](=O)[O-])cc1. The van der Waals surface area contributed by atoms with Crippen LogP contribution in [0.2, 0.25) is 0 Å². The molecule has 19 heavy (non-hydrogen) atoms. The fourth-order valence-electron chi connectivity index (χ4n) is 2.20. The van der Waals surface area contributed by atoms with Gasteiger partial charge in [0.25, 0.3) is 0 Å². The van der Waals surface area contributed by atoms with E-state index in [1.807, 2.05) is 61.5 Å². The van der Waals surface area contributed by atoms with Gasteiger partial charge in [0.1, 0.15) is 0 Å². The van der Waals surface area contributed by atoms with Gasteiger partial charge in [0.15, 0.2) is 0 Å². The van der Waals surface area contributed by atoms with Crippen LogP contribution in [0.15, 0.2) is 54.6 Å². The first kappa shape index (κ1) is 13.3. The van der Waals surface area contributed by atoms with Crippen molar-refractivity contribution in [3.8, 4) is 0 Å². The Balaban J connectivity index is 2.20.